The largest absolute Gasteiger partial charge is 0.0458 e. The van der Waals surface area contributed by atoms with Crippen LogP contribution in [0.25, 0.3) is 0 Å². The molecule has 76 valence electrons. The van der Waals surface area contributed by atoms with E-state index in [0.29, 0.717) is 0 Å². The van der Waals surface area contributed by atoms with Gasteiger partial charge in [-0.1, -0.05) is 0 Å². The second-order valence-corrected chi connectivity index (χ2v) is 4.81. The Kier molecular flexibility index (Phi) is 2.17. The van der Waals surface area contributed by atoms with Crippen LogP contribution in [0.5, 0.6) is 0 Å². The SMILES string of the molecule is Cc1c(C)c(C)c(C2CC2)c(C)c1C. The topological polar surface area (TPSA) is 0 Å². The minimum Gasteiger partial charge on any atom is -0.0458 e. The molecule has 0 heterocycles. The van der Waals surface area contributed by atoms with Crippen LogP contribution in [-0.4, -0.2) is 0 Å². The van der Waals surface area contributed by atoms with Crippen LogP contribution in [0.3, 0.4) is 0 Å². The highest BCUT2D eigenvalue weighted by Gasteiger charge is 2.28. The van der Waals surface area contributed by atoms with Crippen LogP contribution < -0.4 is 0 Å². The van der Waals surface area contributed by atoms with Gasteiger partial charge in [-0.15, -0.1) is 0 Å². The van der Waals surface area contributed by atoms with Crippen LogP contribution in [-0.2, 0) is 0 Å². The van der Waals surface area contributed by atoms with Gasteiger partial charge in [0.2, 0.25) is 0 Å². The summed E-state index contributed by atoms with van der Waals surface area (Å²) in [5.41, 5.74) is 9.26. The normalized spacial score (nSPS) is 16.1. The van der Waals surface area contributed by atoms with Gasteiger partial charge in [-0.05, 0) is 86.8 Å². The van der Waals surface area contributed by atoms with Crippen molar-refractivity contribution in [2.45, 2.75) is 53.4 Å². The fraction of sp³-hybridized carbons (Fsp3) is 0.571. The van der Waals surface area contributed by atoms with E-state index in [0.717, 1.165) is 5.92 Å². The fourth-order valence-corrected chi connectivity index (χ4v) is 2.51. The summed E-state index contributed by atoms with van der Waals surface area (Å²) in [6.45, 7) is 11.4. The van der Waals surface area contributed by atoms with Crippen LogP contribution in [0.1, 0.15) is 52.1 Å². The molecule has 0 N–H and O–H groups in total. The smallest absolute Gasteiger partial charge is 0.0156 e. The Labute approximate surface area is 87.3 Å². The Morgan fingerprint density at radius 2 is 1.00 bits per heavy atom. The van der Waals surface area contributed by atoms with Crippen molar-refractivity contribution in [1.29, 1.82) is 0 Å². The van der Waals surface area contributed by atoms with Gasteiger partial charge in [0, 0.05) is 0 Å². The zero-order valence-electron chi connectivity index (χ0n) is 9.99. The summed E-state index contributed by atoms with van der Waals surface area (Å²) < 4.78 is 0. The first-order valence-electron chi connectivity index (χ1n) is 5.61. The maximum absolute atomic E-state index is 2.29. The summed E-state index contributed by atoms with van der Waals surface area (Å²) in [4.78, 5) is 0. The van der Waals surface area contributed by atoms with E-state index in [-0.39, 0.29) is 0 Å². The molecule has 0 atom stereocenters. The Balaban J connectivity index is 2.69. The van der Waals surface area contributed by atoms with E-state index >= 15 is 0 Å². The van der Waals surface area contributed by atoms with Crippen LogP contribution >= 0.6 is 0 Å². The van der Waals surface area contributed by atoms with E-state index in [2.05, 4.69) is 34.6 Å². The zero-order valence-corrected chi connectivity index (χ0v) is 9.99. The quantitative estimate of drug-likeness (QED) is 0.622. The predicted molar refractivity (Wildman–Crippen MR) is 62.1 cm³/mol. The molecule has 0 bridgehead atoms. The monoisotopic (exact) mass is 188 g/mol. The van der Waals surface area contributed by atoms with Gasteiger partial charge in [0.1, 0.15) is 0 Å². The fourth-order valence-electron chi connectivity index (χ4n) is 2.51. The van der Waals surface area contributed by atoms with Crippen LogP contribution in [0, 0.1) is 34.6 Å². The highest BCUT2D eigenvalue weighted by molar-refractivity contribution is 5.51. The van der Waals surface area contributed by atoms with Gasteiger partial charge >= 0.3 is 0 Å². The standard InChI is InChI=1S/C14H20/c1-8-9(2)11(4)14(13-6-7-13)12(5)10(8)3/h13H,6-7H2,1-5H3. The highest BCUT2D eigenvalue weighted by Crippen LogP contribution is 2.45. The molecular weight excluding hydrogens is 168 g/mol. The molecule has 1 aliphatic carbocycles. The molecule has 1 fully saturated rings. The number of benzene rings is 1. The van der Waals surface area contributed by atoms with Crippen molar-refractivity contribution in [3.8, 4) is 0 Å². The van der Waals surface area contributed by atoms with Crippen molar-refractivity contribution >= 4 is 0 Å². The minimum atomic E-state index is 0.882. The van der Waals surface area contributed by atoms with Crippen molar-refractivity contribution in [2.24, 2.45) is 0 Å². The number of rotatable bonds is 1. The highest BCUT2D eigenvalue weighted by atomic mass is 14.3. The average molecular weight is 188 g/mol. The molecule has 1 saturated carbocycles. The van der Waals surface area contributed by atoms with Crippen LogP contribution in [0.4, 0.5) is 0 Å². The lowest BCUT2D eigenvalue weighted by atomic mass is 9.87. The third kappa shape index (κ3) is 1.28. The average Bonchev–Trinajstić information content (AvgIpc) is 2.96. The first-order chi connectivity index (χ1) is 6.54. The van der Waals surface area contributed by atoms with E-state index in [1.165, 1.54) is 29.5 Å². The lowest BCUT2D eigenvalue weighted by molar-refractivity contribution is 1.02. The molecule has 0 spiro atoms. The second kappa shape index (κ2) is 3.12. The van der Waals surface area contributed by atoms with E-state index in [4.69, 9.17) is 0 Å². The molecule has 0 nitrogen and oxygen atoms in total. The Hall–Kier alpha value is -0.780. The predicted octanol–water partition coefficient (Wildman–Crippen LogP) is 4.11. The first kappa shape index (κ1) is 9.76. The summed E-state index contributed by atoms with van der Waals surface area (Å²) in [6, 6.07) is 0. The molecule has 14 heavy (non-hydrogen) atoms. The molecule has 0 radical (unpaired) electrons. The lowest BCUT2D eigenvalue weighted by Crippen LogP contribution is -2.01. The molecule has 0 unspecified atom stereocenters. The zero-order chi connectivity index (χ0) is 10.5. The maximum Gasteiger partial charge on any atom is -0.0156 e. The van der Waals surface area contributed by atoms with Gasteiger partial charge in [-0.25, -0.2) is 0 Å². The van der Waals surface area contributed by atoms with Crippen molar-refractivity contribution in [3.05, 3.63) is 33.4 Å². The molecule has 0 amide bonds. The Morgan fingerprint density at radius 3 is 1.36 bits per heavy atom. The summed E-state index contributed by atoms with van der Waals surface area (Å²) in [5.74, 6) is 0.882. The third-order valence-corrected chi connectivity index (χ3v) is 4.04. The molecule has 1 aromatic carbocycles. The molecule has 0 saturated heterocycles. The number of hydrogen-bond donors (Lipinski definition) is 0. The van der Waals surface area contributed by atoms with Gasteiger partial charge in [-0.3, -0.25) is 0 Å². The van der Waals surface area contributed by atoms with Crippen molar-refractivity contribution in [1.82, 2.24) is 0 Å². The molecule has 1 aliphatic rings. The summed E-state index contributed by atoms with van der Waals surface area (Å²) in [6.07, 6.45) is 2.81. The number of hydrogen-bond acceptors (Lipinski definition) is 0. The summed E-state index contributed by atoms with van der Waals surface area (Å²) >= 11 is 0. The summed E-state index contributed by atoms with van der Waals surface area (Å²) in [7, 11) is 0. The molecule has 0 aromatic heterocycles. The van der Waals surface area contributed by atoms with E-state index in [9.17, 15) is 0 Å². The van der Waals surface area contributed by atoms with Gasteiger partial charge in [-0.2, -0.15) is 0 Å². The van der Waals surface area contributed by atoms with Gasteiger partial charge in [0.05, 0.1) is 0 Å². The van der Waals surface area contributed by atoms with Crippen molar-refractivity contribution in [2.75, 3.05) is 0 Å². The van der Waals surface area contributed by atoms with Crippen LogP contribution in [0.2, 0.25) is 0 Å². The second-order valence-electron chi connectivity index (χ2n) is 4.81. The molecule has 0 heteroatoms. The first-order valence-corrected chi connectivity index (χ1v) is 5.61. The lowest BCUT2D eigenvalue weighted by Gasteiger charge is -2.18. The molecular formula is C14H20. The molecule has 1 aromatic rings. The van der Waals surface area contributed by atoms with Gasteiger partial charge in [0.15, 0.2) is 0 Å². The van der Waals surface area contributed by atoms with Crippen molar-refractivity contribution < 1.29 is 0 Å². The molecule has 2 rings (SSSR count). The molecule has 0 aliphatic heterocycles. The van der Waals surface area contributed by atoms with E-state index < -0.39 is 0 Å². The van der Waals surface area contributed by atoms with Gasteiger partial charge in [0.25, 0.3) is 0 Å². The van der Waals surface area contributed by atoms with Crippen LogP contribution in [0.15, 0.2) is 0 Å². The van der Waals surface area contributed by atoms with E-state index in [1.807, 2.05) is 0 Å². The third-order valence-electron chi connectivity index (χ3n) is 4.04. The van der Waals surface area contributed by atoms with Crippen molar-refractivity contribution in [3.63, 3.8) is 0 Å². The Bertz CT molecular complexity index is 353. The van der Waals surface area contributed by atoms with E-state index in [1.54, 1.807) is 16.7 Å². The summed E-state index contributed by atoms with van der Waals surface area (Å²) in [5, 5.41) is 0. The van der Waals surface area contributed by atoms with Gasteiger partial charge < -0.3 is 0 Å². The minimum absolute atomic E-state index is 0.882. The Morgan fingerprint density at radius 1 is 0.643 bits per heavy atom. The maximum atomic E-state index is 2.29.